The molecule has 0 aliphatic rings. The standard InChI is InChI=1S/C15H15ISSi/c1-18(2,3)15-14(16)12-8-10-6-4-5-7-11(10)9-13(12)17-15/h4-9H,1-3H3. The van der Waals surface area contributed by atoms with Crippen molar-refractivity contribution in [2.24, 2.45) is 0 Å². The number of fused-ring (bicyclic) bond motifs is 2. The lowest BCUT2D eigenvalue weighted by molar-refractivity contribution is 1.77. The predicted molar refractivity (Wildman–Crippen MR) is 95.0 cm³/mol. The maximum atomic E-state index is 2.54. The molecule has 0 nitrogen and oxygen atoms in total. The molecule has 0 radical (unpaired) electrons. The molecule has 0 aliphatic carbocycles. The van der Waals surface area contributed by atoms with Crippen molar-refractivity contribution in [1.29, 1.82) is 0 Å². The number of benzene rings is 2. The third-order valence-corrected chi connectivity index (χ3v) is 9.89. The van der Waals surface area contributed by atoms with Crippen LogP contribution in [0.2, 0.25) is 19.6 Å². The summed E-state index contributed by atoms with van der Waals surface area (Å²) in [5.41, 5.74) is 0. The molecular weight excluding hydrogens is 367 g/mol. The maximum Gasteiger partial charge on any atom is 0.0918 e. The minimum Gasteiger partial charge on any atom is -0.144 e. The molecule has 0 saturated heterocycles. The first-order valence-electron chi connectivity index (χ1n) is 6.08. The summed E-state index contributed by atoms with van der Waals surface area (Å²) >= 11 is 4.54. The van der Waals surface area contributed by atoms with Crippen molar-refractivity contribution in [2.75, 3.05) is 0 Å². The van der Waals surface area contributed by atoms with E-state index in [2.05, 4.69) is 78.6 Å². The van der Waals surface area contributed by atoms with Gasteiger partial charge in [0.25, 0.3) is 0 Å². The second kappa shape index (κ2) is 4.32. The van der Waals surface area contributed by atoms with Crippen LogP contribution in [-0.2, 0) is 0 Å². The van der Waals surface area contributed by atoms with Gasteiger partial charge in [0.2, 0.25) is 0 Å². The van der Waals surface area contributed by atoms with E-state index in [1.165, 1.54) is 24.4 Å². The summed E-state index contributed by atoms with van der Waals surface area (Å²) < 4.78 is 4.56. The first-order valence-corrected chi connectivity index (χ1v) is 11.5. The number of rotatable bonds is 1. The molecule has 0 N–H and O–H groups in total. The van der Waals surface area contributed by atoms with Gasteiger partial charge in [-0.15, -0.1) is 11.3 Å². The number of hydrogen-bond acceptors (Lipinski definition) is 1. The Morgan fingerprint density at radius 2 is 1.61 bits per heavy atom. The molecule has 0 amide bonds. The van der Waals surface area contributed by atoms with E-state index in [-0.39, 0.29) is 0 Å². The molecule has 3 aromatic rings. The van der Waals surface area contributed by atoms with Crippen LogP contribution in [0.3, 0.4) is 0 Å². The first kappa shape index (κ1) is 12.6. The average molecular weight is 382 g/mol. The van der Waals surface area contributed by atoms with Gasteiger partial charge in [-0.3, -0.25) is 0 Å². The minimum absolute atomic E-state index is 1.23. The number of thiophene rings is 1. The lowest BCUT2D eigenvalue weighted by Crippen LogP contribution is -2.36. The summed E-state index contributed by atoms with van der Waals surface area (Å²) in [5, 5.41) is 4.14. The Balaban J connectivity index is 2.40. The van der Waals surface area contributed by atoms with Crippen molar-refractivity contribution in [3.05, 3.63) is 40.0 Å². The Labute approximate surface area is 126 Å². The van der Waals surface area contributed by atoms with E-state index in [0.717, 1.165) is 0 Å². The molecule has 0 saturated carbocycles. The molecule has 1 aromatic heterocycles. The fourth-order valence-electron chi connectivity index (χ4n) is 2.23. The van der Waals surface area contributed by atoms with Gasteiger partial charge in [0.05, 0.1) is 8.07 Å². The largest absolute Gasteiger partial charge is 0.144 e. The van der Waals surface area contributed by atoms with E-state index < -0.39 is 8.07 Å². The third-order valence-electron chi connectivity index (χ3n) is 3.18. The van der Waals surface area contributed by atoms with Gasteiger partial charge in [-0.25, -0.2) is 0 Å². The quantitative estimate of drug-likeness (QED) is 0.401. The molecule has 0 aliphatic heterocycles. The van der Waals surface area contributed by atoms with Gasteiger partial charge in [0.1, 0.15) is 0 Å². The van der Waals surface area contributed by atoms with Gasteiger partial charge in [0, 0.05) is 18.2 Å². The van der Waals surface area contributed by atoms with Gasteiger partial charge in [-0.2, -0.15) is 0 Å². The highest BCUT2D eigenvalue weighted by molar-refractivity contribution is 14.1. The van der Waals surface area contributed by atoms with Crippen LogP contribution >= 0.6 is 33.9 Å². The Kier molecular flexibility index (Phi) is 3.03. The monoisotopic (exact) mass is 382 g/mol. The second-order valence-electron chi connectivity index (χ2n) is 5.69. The Morgan fingerprint density at radius 3 is 2.22 bits per heavy atom. The Bertz CT molecular complexity index is 737. The Hall–Kier alpha value is -0.393. The second-order valence-corrected chi connectivity index (χ2v) is 13.2. The topological polar surface area (TPSA) is 0 Å². The fraction of sp³-hybridized carbons (Fsp3) is 0.200. The lowest BCUT2D eigenvalue weighted by Gasteiger charge is -2.13. The highest BCUT2D eigenvalue weighted by Gasteiger charge is 2.23. The van der Waals surface area contributed by atoms with Gasteiger partial charge >= 0.3 is 0 Å². The highest BCUT2D eigenvalue weighted by atomic mass is 127. The van der Waals surface area contributed by atoms with E-state index >= 15 is 0 Å². The number of halogens is 1. The highest BCUT2D eigenvalue weighted by Crippen LogP contribution is 2.31. The van der Waals surface area contributed by atoms with Crippen LogP contribution in [0.5, 0.6) is 0 Å². The molecule has 3 rings (SSSR count). The van der Waals surface area contributed by atoms with Crippen LogP contribution in [0.15, 0.2) is 36.4 Å². The molecule has 3 heteroatoms. The van der Waals surface area contributed by atoms with Crippen molar-refractivity contribution < 1.29 is 0 Å². The van der Waals surface area contributed by atoms with Crippen molar-refractivity contribution in [3.63, 3.8) is 0 Å². The average Bonchev–Trinajstić information content (AvgIpc) is 2.64. The molecular formula is C15H15ISSi. The minimum atomic E-state index is -1.23. The molecule has 0 atom stereocenters. The molecule has 0 fully saturated rings. The summed E-state index contributed by atoms with van der Waals surface area (Å²) in [4.78, 5) is 0. The molecule has 2 aromatic carbocycles. The summed E-state index contributed by atoms with van der Waals surface area (Å²) in [5.74, 6) is 0. The van der Waals surface area contributed by atoms with Crippen LogP contribution in [0, 0.1) is 3.57 Å². The Morgan fingerprint density at radius 1 is 1.00 bits per heavy atom. The third kappa shape index (κ3) is 2.02. The van der Waals surface area contributed by atoms with Gasteiger partial charge in [-0.1, -0.05) is 43.9 Å². The summed E-state index contributed by atoms with van der Waals surface area (Å²) in [7, 11) is -1.23. The zero-order chi connectivity index (χ0) is 12.9. The van der Waals surface area contributed by atoms with Gasteiger partial charge < -0.3 is 0 Å². The molecule has 0 unspecified atom stereocenters. The van der Waals surface area contributed by atoms with Gasteiger partial charge in [-0.05, 0) is 45.5 Å². The van der Waals surface area contributed by atoms with Crippen molar-refractivity contribution in [2.45, 2.75) is 19.6 Å². The molecule has 0 bridgehead atoms. The van der Waals surface area contributed by atoms with E-state index in [1.54, 1.807) is 4.50 Å². The molecule has 18 heavy (non-hydrogen) atoms. The van der Waals surface area contributed by atoms with E-state index in [0.29, 0.717) is 0 Å². The van der Waals surface area contributed by atoms with Crippen molar-refractivity contribution in [3.8, 4) is 0 Å². The fourth-order valence-corrected chi connectivity index (χ4v) is 8.85. The summed E-state index contributed by atoms with van der Waals surface area (Å²) in [6.07, 6.45) is 0. The SMILES string of the molecule is C[Si](C)(C)c1sc2cc3ccccc3cc2c1I. The zero-order valence-electron chi connectivity index (χ0n) is 10.8. The zero-order valence-corrected chi connectivity index (χ0v) is 14.7. The van der Waals surface area contributed by atoms with Crippen molar-refractivity contribution in [1.82, 2.24) is 0 Å². The summed E-state index contributed by atoms with van der Waals surface area (Å²) in [6, 6.07) is 13.3. The molecule has 1 heterocycles. The van der Waals surface area contributed by atoms with E-state index in [9.17, 15) is 0 Å². The van der Waals surface area contributed by atoms with Crippen LogP contribution in [0.1, 0.15) is 0 Å². The van der Waals surface area contributed by atoms with Crippen LogP contribution in [0.25, 0.3) is 20.9 Å². The van der Waals surface area contributed by atoms with Crippen LogP contribution in [0.4, 0.5) is 0 Å². The molecule has 0 spiro atoms. The summed E-state index contributed by atoms with van der Waals surface area (Å²) in [6.45, 7) is 7.29. The van der Waals surface area contributed by atoms with E-state index in [1.807, 2.05) is 11.3 Å². The smallest absolute Gasteiger partial charge is 0.0918 e. The van der Waals surface area contributed by atoms with Crippen molar-refractivity contribution >= 4 is 67.4 Å². The lowest BCUT2D eigenvalue weighted by atomic mass is 10.1. The predicted octanol–water partition coefficient (Wildman–Crippen LogP) is 5.20. The van der Waals surface area contributed by atoms with E-state index in [4.69, 9.17) is 0 Å². The molecule has 92 valence electrons. The number of hydrogen-bond donors (Lipinski definition) is 0. The normalized spacial score (nSPS) is 12.4. The van der Waals surface area contributed by atoms with Gasteiger partial charge in [0.15, 0.2) is 0 Å². The first-order chi connectivity index (χ1) is 8.47. The van der Waals surface area contributed by atoms with Crippen LogP contribution < -0.4 is 4.50 Å². The van der Waals surface area contributed by atoms with Crippen LogP contribution in [-0.4, -0.2) is 8.07 Å². The maximum absolute atomic E-state index is 2.54.